The number of carbonyl (C=O) groups excluding carboxylic acids is 1. The molecule has 1 N–H and O–H groups in total. The van der Waals surface area contributed by atoms with E-state index in [4.69, 9.17) is 0 Å². The Balaban J connectivity index is 1.48. The highest BCUT2D eigenvalue weighted by atomic mass is 32.1. The van der Waals surface area contributed by atoms with Gasteiger partial charge in [-0.05, 0) is 30.3 Å². The van der Waals surface area contributed by atoms with E-state index in [-0.39, 0.29) is 11.5 Å². The normalized spacial score (nSPS) is 16.2. The van der Waals surface area contributed by atoms with Crippen molar-refractivity contribution in [3.8, 4) is 0 Å². The molecule has 1 atom stereocenters. The van der Waals surface area contributed by atoms with E-state index in [1.807, 2.05) is 24.3 Å². The smallest absolute Gasteiger partial charge is 0.283 e. The summed E-state index contributed by atoms with van der Waals surface area (Å²) in [7, 11) is 0. The van der Waals surface area contributed by atoms with Gasteiger partial charge < -0.3 is 9.88 Å². The summed E-state index contributed by atoms with van der Waals surface area (Å²) in [5.74, 6) is -0.226. The summed E-state index contributed by atoms with van der Waals surface area (Å²) in [5.41, 5.74) is 3.05. The van der Waals surface area contributed by atoms with Crippen LogP contribution in [0.1, 0.15) is 44.9 Å². The molecule has 0 saturated carbocycles. The molecule has 5 aromatic rings. The van der Waals surface area contributed by atoms with Gasteiger partial charge in [-0.1, -0.05) is 12.1 Å². The lowest BCUT2D eigenvalue weighted by Gasteiger charge is -2.33. The first-order valence-corrected chi connectivity index (χ1v) is 10.9. The monoisotopic (exact) mass is 450 g/mol. The van der Waals surface area contributed by atoms with Crippen molar-refractivity contribution in [1.29, 1.82) is 0 Å². The molecule has 10 heteroatoms. The highest BCUT2D eigenvalue weighted by molar-refractivity contribution is 7.20. The van der Waals surface area contributed by atoms with Crippen molar-refractivity contribution in [2.24, 2.45) is 0 Å². The Labute approximate surface area is 184 Å². The number of pyridine rings is 1. The summed E-state index contributed by atoms with van der Waals surface area (Å²) in [6.45, 7) is 0.435. The second kappa shape index (κ2) is 7.20. The van der Waals surface area contributed by atoms with Gasteiger partial charge >= 0.3 is 0 Å². The van der Waals surface area contributed by atoms with Gasteiger partial charge in [-0.15, -0.1) is 11.3 Å². The van der Waals surface area contributed by atoms with Gasteiger partial charge in [0.15, 0.2) is 5.01 Å². The molecule has 0 aliphatic carbocycles. The third-order valence-corrected chi connectivity index (χ3v) is 6.76. The maximum Gasteiger partial charge on any atom is 0.283 e. The molecule has 0 spiro atoms. The minimum Gasteiger partial charge on any atom is -0.348 e. The number of para-hydroxylation sites is 1. The standard InChI is InChI=1S/C22H16F2N6OS/c23-20(24)12-4-3-8-30-16(12)10-15(28-30)19-18-14(25-11-26-18)7-9-29(19)22(31)21-27-13-5-1-2-6-17(13)32-21/h1-6,8,10-11,19-20H,7,9H2,(H,25,26)/t19-/m1/s1. The number of imidazole rings is 1. The van der Waals surface area contributed by atoms with Crippen LogP contribution in [0.15, 0.2) is 55.0 Å². The lowest BCUT2D eigenvalue weighted by atomic mass is 9.99. The third kappa shape index (κ3) is 2.90. The predicted octanol–water partition coefficient (Wildman–Crippen LogP) is 4.39. The number of H-pyrrole nitrogens is 1. The molecule has 160 valence electrons. The van der Waals surface area contributed by atoms with Gasteiger partial charge in [0, 0.05) is 30.4 Å². The summed E-state index contributed by atoms with van der Waals surface area (Å²) in [6.07, 6.45) is 1.19. The van der Waals surface area contributed by atoms with E-state index in [2.05, 4.69) is 20.1 Å². The number of thiazole rings is 1. The van der Waals surface area contributed by atoms with Crippen molar-refractivity contribution in [3.63, 3.8) is 0 Å². The van der Waals surface area contributed by atoms with Gasteiger partial charge in [0.25, 0.3) is 12.3 Å². The van der Waals surface area contributed by atoms with E-state index in [0.29, 0.717) is 34.9 Å². The number of halogens is 2. The summed E-state index contributed by atoms with van der Waals surface area (Å²) in [5, 5.41) is 4.93. The Morgan fingerprint density at radius 1 is 1.22 bits per heavy atom. The molecule has 32 heavy (non-hydrogen) atoms. The van der Waals surface area contributed by atoms with Crippen LogP contribution in [0.4, 0.5) is 8.78 Å². The molecule has 5 heterocycles. The number of aromatic amines is 1. The van der Waals surface area contributed by atoms with Crippen LogP contribution in [0.25, 0.3) is 15.7 Å². The zero-order valence-corrected chi connectivity index (χ0v) is 17.4. The number of benzene rings is 1. The van der Waals surface area contributed by atoms with Gasteiger partial charge in [0.1, 0.15) is 6.04 Å². The van der Waals surface area contributed by atoms with Crippen LogP contribution in [0.2, 0.25) is 0 Å². The molecule has 7 nitrogen and oxygen atoms in total. The number of hydrogen-bond acceptors (Lipinski definition) is 5. The van der Waals surface area contributed by atoms with E-state index < -0.39 is 12.5 Å². The summed E-state index contributed by atoms with van der Waals surface area (Å²) >= 11 is 1.34. The van der Waals surface area contributed by atoms with E-state index in [9.17, 15) is 13.6 Å². The number of nitrogens with zero attached hydrogens (tertiary/aromatic N) is 5. The van der Waals surface area contributed by atoms with Crippen LogP contribution in [0.3, 0.4) is 0 Å². The predicted molar refractivity (Wildman–Crippen MR) is 115 cm³/mol. The number of rotatable bonds is 3. The molecule has 0 fully saturated rings. The topological polar surface area (TPSA) is 79.2 Å². The number of amides is 1. The Hall–Kier alpha value is -3.66. The van der Waals surface area contributed by atoms with Crippen molar-refractivity contribution in [1.82, 2.24) is 29.5 Å². The van der Waals surface area contributed by atoms with Gasteiger partial charge in [-0.3, -0.25) is 4.79 Å². The fourth-order valence-corrected chi connectivity index (χ4v) is 5.18. The summed E-state index contributed by atoms with van der Waals surface area (Å²) < 4.78 is 29.4. The molecule has 1 aliphatic heterocycles. The molecular weight excluding hydrogens is 434 g/mol. The van der Waals surface area contributed by atoms with Crippen molar-refractivity contribution >= 4 is 33.0 Å². The first kappa shape index (κ1) is 19.1. The average molecular weight is 450 g/mol. The van der Waals surface area contributed by atoms with Crippen molar-refractivity contribution in [2.45, 2.75) is 18.9 Å². The first-order chi connectivity index (χ1) is 15.6. The van der Waals surface area contributed by atoms with E-state index >= 15 is 0 Å². The van der Waals surface area contributed by atoms with Crippen LogP contribution < -0.4 is 0 Å². The van der Waals surface area contributed by atoms with E-state index in [0.717, 1.165) is 15.9 Å². The Kier molecular flexibility index (Phi) is 4.29. The number of nitrogens with one attached hydrogen (secondary N) is 1. The van der Waals surface area contributed by atoms with E-state index in [1.54, 1.807) is 23.5 Å². The number of carbonyl (C=O) groups is 1. The van der Waals surface area contributed by atoms with Crippen molar-refractivity contribution < 1.29 is 13.6 Å². The molecule has 0 unspecified atom stereocenters. The largest absolute Gasteiger partial charge is 0.348 e. The first-order valence-electron chi connectivity index (χ1n) is 10.0. The van der Waals surface area contributed by atoms with Crippen molar-refractivity contribution in [2.75, 3.05) is 6.54 Å². The molecule has 0 bridgehead atoms. The molecule has 1 amide bonds. The van der Waals surface area contributed by atoms with Gasteiger partial charge in [-0.2, -0.15) is 5.10 Å². The number of aromatic nitrogens is 5. The lowest BCUT2D eigenvalue weighted by Crippen LogP contribution is -2.41. The Morgan fingerprint density at radius 2 is 2.09 bits per heavy atom. The van der Waals surface area contributed by atoms with Crippen LogP contribution in [0.5, 0.6) is 0 Å². The lowest BCUT2D eigenvalue weighted by molar-refractivity contribution is 0.0687. The zero-order chi connectivity index (χ0) is 21.8. The SMILES string of the molecule is O=C(c1nc2ccccc2s1)N1CCc2[nH]cnc2[C@H]1c1cc2c(C(F)F)cccn2n1. The third-order valence-electron chi connectivity index (χ3n) is 5.73. The van der Waals surface area contributed by atoms with Crippen LogP contribution >= 0.6 is 11.3 Å². The minimum atomic E-state index is -2.63. The molecule has 4 aromatic heterocycles. The molecule has 1 aliphatic rings. The Bertz CT molecular complexity index is 1440. The minimum absolute atomic E-state index is 0.103. The number of hydrogen-bond donors (Lipinski definition) is 1. The molecular formula is C22H16F2N6OS. The molecule has 1 aromatic carbocycles. The van der Waals surface area contributed by atoms with Crippen molar-refractivity contribution in [3.05, 3.63) is 82.6 Å². The Morgan fingerprint density at radius 3 is 2.94 bits per heavy atom. The van der Waals surface area contributed by atoms with Gasteiger partial charge in [-0.25, -0.2) is 23.3 Å². The highest BCUT2D eigenvalue weighted by Crippen LogP contribution is 2.36. The fraction of sp³-hybridized carbons (Fsp3) is 0.182. The fourth-order valence-electron chi connectivity index (χ4n) is 4.26. The number of alkyl halides is 2. The highest BCUT2D eigenvalue weighted by Gasteiger charge is 2.37. The maximum absolute atomic E-state index is 13.6. The maximum atomic E-state index is 13.6. The van der Waals surface area contributed by atoms with E-state index in [1.165, 1.54) is 28.0 Å². The van der Waals surface area contributed by atoms with Crippen LogP contribution in [0, 0.1) is 0 Å². The second-order valence-corrected chi connectivity index (χ2v) is 8.60. The van der Waals surface area contributed by atoms with Crippen LogP contribution in [-0.4, -0.2) is 41.9 Å². The average Bonchev–Trinajstić information content (AvgIpc) is 3.54. The molecule has 0 radical (unpaired) electrons. The summed E-state index contributed by atoms with van der Waals surface area (Å²) in [6, 6.07) is 11.5. The van der Waals surface area contributed by atoms with Gasteiger partial charge in [0.05, 0.1) is 33.4 Å². The van der Waals surface area contributed by atoms with Crippen LogP contribution in [-0.2, 0) is 6.42 Å². The zero-order valence-electron chi connectivity index (χ0n) is 16.6. The molecule has 0 saturated heterocycles. The van der Waals surface area contributed by atoms with Gasteiger partial charge in [0.2, 0.25) is 0 Å². The number of fused-ring (bicyclic) bond motifs is 3. The molecule has 6 rings (SSSR count). The quantitative estimate of drug-likeness (QED) is 0.442. The summed E-state index contributed by atoms with van der Waals surface area (Å²) in [4.78, 5) is 27.3. The second-order valence-electron chi connectivity index (χ2n) is 7.57.